The molecule has 0 heterocycles. The van der Waals surface area contributed by atoms with Gasteiger partial charge in [-0.25, -0.2) is 12.8 Å². The third kappa shape index (κ3) is 6.74. The Morgan fingerprint density at radius 3 is 1.95 bits per heavy atom. The normalized spacial score (nSPS) is 12.0. The van der Waals surface area contributed by atoms with E-state index in [4.69, 9.17) is 0 Å². The van der Waals surface area contributed by atoms with Gasteiger partial charge in [-0.05, 0) is 62.2 Å². The number of nitrogens with zero attached hydrogens (tertiary/aromatic N) is 2. The first-order valence-corrected chi connectivity index (χ1v) is 13.4. The van der Waals surface area contributed by atoms with Gasteiger partial charge in [0.15, 0.2) is 0 Å². The van der Waals surface area contributed by atoms with Crippen LogP contribution in [0.15, 0.2) is 77.7 Å². The van der Waals surface area contributed by atoms with Crippen LogP contribution >= 0.6 is 0 Å². The third-order valence-corrected chi connectivity index (χ3v) is 7.90. The lowest BCUT2D eigenvalue weighted by atomic mass is 10.1. The molecule has 0 aliphatic carbocycles. The van der Waals surface area contributed by atoms with Crippen molar-refractivity contribution < 1.29 is 22.4 Å². The number of amides is 2. The summed E-state index contributed by atoms with van der Waals surface area (Å²) in [6, 6.07) is 18.0. The summed E-state index contributed by atoms with van der Waals surface area (Å²) in [7, 11) is -2.64. The Balaban J connectivity index is 2.04. The second kappa shape index (κ2) is 12.0. The van der Waals surface area contributed by atoms with E-state index < -0.39 is 34.3 Å². The molecule has 37 heavy (non-hydrogen) atoms. The second-order valence-electron chi connectivity index (χ2n) is 8.85. The van der Waals surface area contributed by atoms with Crippen molar-refractivity contribution in [2.75, 3.05) is 17.9 Å². The molecular formula is C28H32FN3O4S. The van der Waals surface area contributed by atoms with E-state index in [2.05, 4.69) is 5.32 Å². The summed E-state index contributed by atoms with van der Waals surface area (Å²) < 4.78 is 42.0. The molecule has 1 unspecified atom stereocenters. The topological polar surface area (TPSA) is 86.8 Å². The predicted molar refractivity (Wildman–Crippen MR) is 142 cm³/mol. The molecule has 7 nitrogen and oxygen atoms in total. The summed E-state index contributed by atoms with van der Waals surface area (Å²) in [5.41, 5.74) is 2.78. The average molecular weight is 526 g/mol. The molecule has 0 fully saturated rings. The average Bonchev–Trinajstić information content (AvgIpc) is 2.88. The van der Waals surface area contributed by atoms with E-state index in [9.17, 15) is 22.4 Å². The molecule has 196 valence electrons. The van der Waals surface area contributed by atoms with Crippen LogP contribution in [-0.4, -0.2) is 44.8 Å². The maximum absolute atomic E-state index is 13.8. The van der Waals surface area contributed by atoms with Crippen molar-refractivity contribution in [3.05, 3.63) is 95.3 Å². The van der Waals surface area contributed by atoms with Gasteiger partial charge in [0, 0.05) is 13.6 Å². The number of carbonyl (C=O) groups excluding carboxylic acids is 2. The lowest BCUT2D eigenvalue weighted by molar-refractivity contribution is -0.140. The summed E-state index contributed by atoms with van der Waals surface area (Å²) in [4.78, 5) is 27.9. The fourth-order valence-corrected chi connectivity index (χ4v) is 5.36. The van der Waals surface area contributed by atoms with E-state index in [1.165, 1.54) is 48.3 Å². The van der Waals surface area contributed by atoms with Crippen LogP contribution in [0.1, 0.15) is 30.0 Å². The van der Waals surface area contributed by atoms with Gasteiger partial charge in [0.05, 0.1) is 10.6 Å². The SMILES string of the molecule is CCC(C(=O)NC)N(Cc1ccc(F)cc1)C(=O)CN(c1ccc(C)cc1)S(=O)(=O)c1ccc(C)cc1. The Hall–Kier alpha value is -3.72. The number of likely N-dealkylation sites (N-methyl/N-ethyl adjacent to an activating group) is 1. The molecular weight excluding hydrogens is 493 g/mol. The minimum atomic E-state index is -4.11. The van der Waals surface area contributed by atoms with Crippen LogP contribution in [0.5, 0.6) is 0 Å². The molecule has 3 aromatic carbocycles. The van der Waals surface area contributed by atoms with E-state index >= 15 is 0 Å². The van der Waals surface area contributed by atoms with E-state index in [0.717, 1.165) is 15.4 Å². The summed E-state index contributed by atoms with van der Waals surface area (Å²) in [5, 5.41) is 2.57. The van der Waals surface area contributed by atoms with Gasteiger partial charge >= 0.3 is 0 Å². The molecule has 9 heteroatoms. The van der Waals surface area contributed by atoms with Gasteiger partial charge in [0.2, 0.25) is 11.8 Å². The highest BCUT2D eigenvalue weighted by atomic mass is 32.2. The van der Waals surface area contributed by atoms with Crippen molar-refractivity contribution in [3.8, 4) is 0 Å². The van der Waals surface area contributed by atoms with Gasteiger partial charge < -0.3 is 10.2 Å². The largest absolute Gasteiger partial charge is 0.357 e. The zero-order valence-corrected chi connectivity index (χ0v) is 22.3. The highest BCUT2D eigenvalue weighted by molar-refractivity contribution is 7.92. The highest BCUT2D eigenvalue weighted by Crippen LogP contribution is 2.25. The van der Waals surface area contributed by atoms with Gasteiger partial charge in [-0.15, -0.1) is 0 Å². The smallest absolute Gasteiger partial charge is 0.264 e. The van der Waals surface area contributed by atoms with Crippen LogP contribution in [0, 0.1) is 19.7 Å². The van der Waals surface area contributed by atoms with E-state index in [0.29, 0.717) is 17.7 Å². The van der Waals surface area contributed by atoms with E-state index in [-0.39, 0.29) is 17.3 Å². The number of aryl methyl sites for hydroxylation is 2. The van der Waals surface area contributed by atoms with Crippen LogP contribution in [0.4, 0.5) is 10.1 Å². The van der Waals surface area contributed by atoms with E-state index in [1.807, 2.05) is 13.8 Å². The minimum Gasteiger partial charge on any atom is -0.357 e. The number of hydrogen-bond acceptors (Lipinski definition) is 4. The van der Waals surface area contributed by atoms with Crippen LogP contribution in [-0.2, 0) is 26.2 Å². The van der Waals surface area contributed by atoms with Crippen molar-refractivity contribution in [3.63, 3.8) is 0 Å². The zero-order valence-electron chi connectivity index (χ0n) is 21.4. The molecule has 0 bridgehead atoms. The number of halogens is 1. The van der Waals surface area contributed by atoms with Gasteiger partial charge in [-0.1, -0.05) is 54.4 Å². The van der Waals surface area contributed by atoms with Crippen LogP contribution < -0.4 is 9.62 Å². The van der Waals surface area contributed by atoms with Crippen molar-refractivity contribution >= 4 is 27.5 Å². The van der Waals surface area contributed by atoms with Crippen molar-refractivity contribution in [1.29, 1.82) is 0 Å². The Morgan fingerprint density at radius 2 is 1.43 bits per heavy atom. The highest BCUT2D eigenvalue weighted by Gasteiger charge is 2.33. The molecule has 3 rings (SSSR count). The molecule has 3 aromatic rings. The molecule has 0 spiro atoms. The molecule has 0 radical (unpaired) electrons. The Morgan fingerprint density at radius 1 is 0.892 bits per heavy atom. The Bertz CT molecular complexity index is 1330. The zero-order chi connectivity index (χ0) is 27.2. The van der Waals surface area contributed by atoms with Crippen molar-refractivity contribution in [1.82, 2.24) is 10.2 Å². The number of benzene rings is 3. The van der Waals surface area contributed by atoms with Gasteiger partial charge in [0.25, 0.3) is 10.0 Å². The first-order chi connectivity index (χ1) is 17.6. The lowest BCUT2D eigenvalue weighted by Crippen LogP contribution is -2.51. The van der Waals surface area contributed by atoms with Crippen LogP contribution in [0.3, 0.4) is 0 Å². The standard InChI is InChI=1S/C28H32FN3O4S/c1-5-26(28(34)30-4)31(18-22-10-12-23(29)13-11-22)27(33)19-32(24-14-6-20(2)7-15-24)37(35,36)25-16-8-21(3)9-17-25/h6-17,26H,5,18-19H2,1-4H3,(H,30,34). The first-order valence-electron chi connectivity index (χ1n) is 12.0. The molecule has 1 N–H and O–H groups in total. The fourth-order valence-electron chi connectivity index (χ4n) is 3.95. The Labute approximate surface area is 218 Å². The lowest BCUT2D eigenvalue weighted by Gasteiger charge is -2.33. The maximum Gasteiger partial charge on any atom is 0.264 e. The van der Waals surface area contributed by atoms with Gasteiger partial charge in [-0.3, -0.25) is 13.9 Å². The summed E-state index contributed by atoms with van der Waals surface area (Å²) in [6.45, 7) is 5.00. The fraction of sp³-hybridized carbons (Fsp3) is 0.286. The number of nitrogens with one attached hydrogen (secondary N) is 1. The molecule has 0 aliphatic heterocycles. The third-order valence-electron chi connectivity index (χ3n) is 6.11. The summed E-state index contributed by atoms with van der Waals surface area (Å²) in [6.07, 6.45) is 0.307. The number of carbonyl (C=O) groups is 2. The Kier molecular flexibility index (Phi) is 9.04. The van der Waals surface area contributed by atoms with Gasteiger partial charge in [-0.2, -0.15) is 0 Å². The number of anilines is 1. The molecule has 0 aliphatic rings. The molecule has 0 aromatic heterocycles. The summed E-state index contributed by atoms with van der Waals surface area (Å²) >= 11 is 0. The maximum atomic E-state index is 13.8. The van der Waals surface area contributed by atoms with Crippen LogP contribution in [0.25, 0.3) is 0 Å². The van der Waals surface area contributed by atoms with Crippen molar-refractivity contribution in [2.45, 2.75) is 44.7 Å². The predicted octanol–water partition coefficient (Wildman–Crippen LogP) is 4.19. The molecule has 2 amide bonds. The molecule has 0 saturated heterocycles. The minimum absolute atomic E-state index is 0.0113. The van der Waals surface area contributed by atoms with E-state index in [1.54, 1.807) is 43.3 Å². The number of hydrogen-bond donors (Lipinski definition) is 1. The number of rotatable bonds is 10. The second-order valence-corrected chi connectivity index (χ2v) is 10.7. The molecule has 0 saturated carbocycles. The molecule has 1 atom stereocenters. The first kappa shape index (κ1) is 27.9. The van der Waals surface area contributed by atoms with Crippen molar-refractivity contribution in [2.24, 2.45) is 0 Å². The van der Waals surface area contributed by atoms with Crippen LogP contribution in [0.2, 0.25) is 0 Å². The quantitative estimate of drug-likeness (QED) is 0.430. The monoisotopic (exact) mass is 525 g/mol. The number of sulfonamides is 1. The summed E-state index contributed by atoms with van der Waals surface area (Å²) in [5.74, 6) is -1.35. The van der Waals surface area contributed by atoms with Gasteiger partial charge in [0.1, 0.15) is 18.4 Å².